The summed E-state index contributed by atoms with van der Waals surface area (Å²) in [5.41, 5.74) is 0.269. The summed E-state index contributed by atoms with van der Waals surface area (Å²) >= 11 is 2.48. The molecule has 0 rings (SSSR count). The number of rotatable bonds is 2. The van der Waals surface area contributed by atoms with Crippen LogP contribution in [0.1, 0.15) is 6.92 Å². The zero-order valence-electron chi connectivity index (χ0n) is 4.11. The maximum Gasteiger partial charge on any atom is 0.156 e. The van der Waals surface area contributed by atoms with E-state index in [1.165, 1.54) is 6.16 Å². The van der Waals surface area contributed by atoms with Crippen LogP contribution in [0.3, 0.4) is 0 Å². The Morgan fingerprint density at radius 3 is 2.33 bits per heavy atom. The molecule has 1 unspecified atom stereocenters. The van der Waals surface area contributed by atoms with Gasteiger partial charge in [-0.2, -0.15) is 0 Å². The third-order valence-corrected chi connectivity index (χ3v) is 5.46. The van der Waals surface area contributed by atoms with Crippen molar-refractivity contribution in [1.82, 2.24) is 0 Å². The number of hydrogen-bond donors (Lipinski definition) is 0. The van der Waals surface area contributed by atoms with Crippen molar-refractivity contribution < 1.29 is 0 Å². The molecule has 0 N–H and O–H groups in total. The molecule has 0 spiro atoms. The van der Waals surface area contributed by atoms with Gasteiger partial charge in [-0.15, -0.1) is 0 Å². The Morgan fingerprint density at radius 2 is 2.33 bits per heavy atom. The second kappa shape index (κ2) is 4.39. The van der Waals surface area contributed by atoms with Gasteiger partial charge < -0.3 is 0 Å². The van der Waals surface area contributed by atoms with Gasteiger partial charge in [0.2, 0.25) is 0 Å². The van der Waals surface area contributed by atoms with E-state index in [4.69, 9.17) is 0 Å². The highest BCUT2D eigenvalue weighted by atomic mass is 127. The van der Waals surface area contributed by atoms with E-state index in [9.17, 15) is 0 Å². The maximum absolute atomic E-state index is 2.48. The second-order valence-electron chi connectivity index (χ2n) is 0.974. The van der Waals surface area contributed by atoms with Crippen LogP contribution < -0.4 is 0 Å². The van der Waals surface area contributed by atoms with Crippen molar-refractivity contribution in [1.29, 1.82) is 0 Å². The van der Waals surface area contributed by atoms with Crippen molar-refractivity contribution in [3.63, 3.8) is 0 Å². The van der Waals surface area contributed by atoms with Crippen LogP contribution in [0.5, 0.6) is 0 Å². The average molecular weight is 213 g/mol. The number of hydrogen-bond acceptors (Lipinski definition) is 0. The maximum atomic E-state index is 2.48. The summed E-state index contributed by atoms with van der Waals surface area (Å²) in [6.07, 6.45) is 1.33. The van der Waals surface area contributed by atoms with Gasteiger partial charge in [0, 0.05) is 0 Å². The molecule has 0 amide bonds. The molecule has 0 saturated heterocycles. The molecule has 35 valence electrons. The van der Waals surface area contributed by atoms with E-state index in [1.807, 2.05) is 0 Å². The minimum Gasteiger partial charge on any atom is -0.0865 e. The molecule has 3 heteroatoms. The van der Waals surface area contributed by atoms with Gasteiger partial charge in [0.15, 0.2) is 7.00 Å². The molecule has 0 aromatic heterocycles. The van der Waals surface area contributed by atoms with Crippen molar-refractivity contribution in [3.8, 4) is 0 Å². The molecule has 0 aliphatic rings. The van der Waals surface area contributed by atoms with Crippen molar-refractivity contribution in [2.24, 2.45) is 0 Å². The minimum atomic E-state index is 0.269. The summed E-state index contributed by atoms with van der Waals surface area (Å²) in [5, 5.41) is 0. The zero-order valence-corrected chi connectivity index (χ0v) is 7.16. The highest BCUT2D eigenvalue weighted by Crippen LogP contribution is 2.41. The molecule has 0 aromatic rings. The third kappa shape index (κ3) is 3.42. The Morgan fingerprint density at radius 1 is 1.83 bits per heavy atom. The zero-order chi connectivity index (χ0) is 4.99. The third-order valence-electron chi connectivity index (χ3n) is 0.582. The first-order chi connectivity index (χ1) is 2.81. The first-order valence-electron chi connectivity index (χ1n) is 2.03. The number of halogens is 1. The van der Waals surface area contributed by atoms with Crippen molar-refractivity contribution >= 4 is 34.5 Å². The van der Waals surface area contributed by atoms with Crippen LogP contribution >= 0.6 is 27.5 Å². The Kier molecular flexibility index (Phi) is 5.28. The van der Waals surface area contributed by atoms with E-state index in [-0.39, 0.29) is 5.44 Å². The SMILES string of the molecule is C[B]P(I)CC. The van der Waals surface area contributed by atoms with Gasteiger partial charge in [0.25, 0.3) is 0 Å². The monoisotopic (exact) mass is 213 g/mol. The van der Waals surface area contributed by atoms with E-state index < -0.39 is 0 Å². The normalized spacial score (nSPS) is 13.8. The van der Waals surface area contributed by atoms with Gasteiger partial charge in [0.1, 0.15) is 0 Å². The molecule has 1 radical (unpaired) electrons. The van der Waals surface area contributed by atoms with E-state index in [0.717, 1.165) is 0 Å². The molecular weight excluding hydrogens is 205 g/mol. The van der Waals surface area contributed by atoms with Crippen molar-refractivity contribution in [2.45, 2.75) is 13.7 Å². The molecule has 0 fully saturated rings. The van der Waals surface area contributed by atoms with Gasteiger partial charge in [-0.05, 0) is 6.16 Å². The van der Waals surface area contributed by atoms with Gasteiger partial charge in [0.05, 0.1) is 0 Å². The lowest BCUT2D eigenvalue weighted by Crippen LogP contribution is -1.73. The second-order valence-corrected chi connectivity index (χ2v) is 6.64. The lowest BCUT2D eigenvalue weighted by molar-refractivity contribution is 1.53. The Balaban J connectivity index is 2.75. The quantitative estimate of drug-likeness (QED) is 0.375. The Labute approximate surface area is 54.5 Å². The van der Waals surface area contributed by atoms with Crippen LogP contribution in [-0.4, -0.2) is 13.2 Å². The van der Waals surface area contributed by atoms with Crippen LogP contribution in [0.4, 0.5) is 0 Å². The summed E-state index contributed by atoms with van der Waals surface area (Å²) < 4.78 is 0. The fourth-order valence-electron chi connectivity index (χ4n) is 0.183. The smallest absolute Gasteiger partial charge is 0.0865 e. The first-order valence-corrected chi connectivity index (χ1v) is 6.41. The van der Waals surface area contributed by atoms with Crippen LogP contribution in [-0.2, 0) is 0 Å². The van der Waals surface area contributed by atoms with E-state index >= 15 is 0 Å². The van der Waals surface area contributed by atoms with Gasteiger partial charge in [-0.3, -0.25) is 0 Å². The Hall–Kier alpha value is 1.22. The predicted molar refractivity (Wildman–Crippen MR) is 43.1 cm³/mol. The van der Waals surface area contributed by atoms with Crippen molar-refractivity contribution in [2.75, 3.05) is 6.16 Å². The van der Waals surface area contributed by atoms with Crippen LogP contribution in [0, 0.1) is 0 Å². The lowest BCUT2D eigenvalue weighted by Gasteiger charge is -1.96. The molecule has 0 aromatic carbocycles. The molecule has 0 heterocycles. The molecule has 1 atom stereocenters. The van der Waals surface area contributed by atoms with Crippen LogP contribution in [0.25, 0.3) is 0 Å². The molecule has 0 nitrogen and oxygen atoms in total. The van der Waals surface area contributed by atoms with Crippen LogP contribution in [0.15, 0.2) is 0 Å². The predicted octanol–water partition coefficient (Wildman–Crippen LogP) is 2.51. The summed E-state index contributed by atoms with van der Waals surface area (Å²) in [6, 6.07) is 0. The summed E-state index contributed by atoms with van der Waals surface area (Å²) in [4.78, 5) is 0. The molecule has 0 bridgehead atoms. The summed E-state index contributed by atoms with van der Waals surface area (Å²) in [5.74, 6) is 0. The van der Waals surface area contributed by atoms with Crippen molar-refractivity contribution in [3.05, 3.63) is 0 Å². The molecule has 0 aliphatic heterocycles. The van der Waals surface area contributed by atoms with E-state index in [1.54, 1.807) is 0 Å². The topological polar surface area (TPSA) is 0 Å². The highest BCUT2D eigenvalue weighted by Gasteiger charge is 1.91. The van der Waals surface area contributed by atoms with Gasteiger partial charge in [-0.25, -0.2) is 0 Å². The fourth-order valence-corrected chi connectivity index (χ4v) is 0.548. The molecule has 6 heavy (non-hydrogen) atoms. The fraction of sp³-hybridized carbons (Fsp3) is 1.00. The van der Waals surface area contributed by atoms with Gasteiger partial charge >= 0.3 is 0 Å². The van der Waals surface area contributed by atoms with Gasteiger partial charge in [-0.1, -0.05) is 41.2 Å². The Bertz CT molecular complexity index is 30.0. The highest BCUT2D eigenvalue weighted by molar-refractivity contribution is 14.2. The molecule has 0 saturated carbocycles. The largest absolute Gasteiger partial charge is 0.156 e. The van der Waals surface area contributed by atoms with E-state index in [0.29, 0.717) is 0 Å². The van der Waals surface area contributed by atoms with Crippen LogP contribution in [0.2, 0.25) is 6.82 Å². The molecule has 0 aliphatic carbocycles. The lowest BCUT2D eigenvalue weighted by atomic mass is 10.2. The summed E-state index contributed by atoms with van der Waals surface area (Å²) in [6.45, 7) is 6.62. The minimum absolute atomic E-state index is 0.269. The van der Waals surface area contributed by atoms with E-state index in [2.05, 4.69) is 42.8 Å². The first kappa shape index (κ1) is 7.22. The molecular formula is C3H8BIP. The summed E-state index contributed by atoms with van der Waals surface area (Å²) in [7, 11) is 0. The standard InChI is InChI=1S/C3H8BIP/c1-3-6(5)4-2/h3H2,1-2H3. The average Bonchev–Trinajstić information content (AvgIpc) is 1.65.